The van der Waals surface area contributed by atoms with Crippen molar-refractivity contribution in [1.82, 2.24) is 10.3 Å². The quantitative estimate of drug-likeness (QED) is 0.627. The number of esters is 1. The fraction of sp³-hybridized carbons (Fsp3) is 0.333. The summed E-state index contributed by atoms with van der Waals surface area (Å²) in [5.41, 5.74) is 2.72. The maximum absolute atomic E-state index is 10.9. The van der Waals surface area contributed by atoms with Gasteiger partial charge in [-0.1, -0.05) is 6.07 Å². The molecule has 0 unspecified atom stereocenters. The van der Waals surface area contributed by atoms with E-state index in [0.29, 0.717) is 19.5 Å². The number of carbonyl (C=O) groups is 1. The third kappa shape index (κ3) is 3.04. The van der Waals surface area contributed by atoms with E-state index in [-0.39, 0.29) is 5.97 Å². The summed E-state index contributed by atoms with van der Waals surface area (Å²) >= 11 is 0. The number of benzene rings is 1. The first kappa shape index (κ1) is 11.6. The number of hydrogen-bond acceptors (Lipinski definition) is 5. The first-order valence-corrected chi connectivity index (χ1v) is 5.39. The molecule has 90 valence electrons. The molecular formula is C12H14N2O3. The number of fused-ring (bicyclic) bond motifs is 1. The SMILES string of the molecule is COC(=O)CCNCc1ccc2ncoc2c1. The predicted octanol–water partition coefficient (Wildman–Crippen LogP) is 1.48. The number of nitrogens with zero attached hydrogens (tertiary/aromatic N) is 1. The first-order chi connectivity index (χ1) is 8.29. The van der Waals surface area contributed by atoms with Crippen molar-refractivity contribution < 1.29 is 13.9 Å². The zero-order valence-corrected chi connectivity index (χ0v) is 9.60. The van der Waals surface area contributed by atoms with Gasteiger partial charge in [0.2, 0.25) is 0 Å². The summed E-state index contributed by atoms with van der Waals surface area (Å²) in [4.78, 5) is 14.9. The molecule has 0 atom stereocenters. The number of nitrogens with one attached hydrogen (secondary N) is 1. The zero-order chi connectivity index (χ0) is 12.1. The second kappa shape index (κ2) is 5.45. The van der Waals surface area contributed by atoms with Crippen LogP contribution in [0.1, 0.15) is 12.0 Å². The van der Waals surface area contributed by atoms with Crippen molar-refractivity contribution in [3.05, 3.63) is 30.2 Å². The Bertz CT molecular complexity index is 507. The number of ether oxygens (including phenoxy) is 1. The molecule has 2 rings (SSSR count). The van der Waals surface area contributed by atoms with Crippen LogP contribution in [0.5, 0.6) is 0 Å². The van der Waals surface area contributed by atoms with E-state index in [1.165, 1.54) is 13.5 Å². The van der Waals surface area contributed by atoms with Crippen LogP contribution in [-0.2, 0) is 16.1 Å². The van der Waals surface area contributed by atoms with Gasteiger partial charge in [-0.05, 0) is 17.7 Å². The molecule has 0 spiro atoms. The lowest BCUT2D eigenvalue weighted by Gasteiger charge is -2.03. The molecule has 0 saturated carbocycles. The Kier molecular flexibility index (Phi) is 3.72. The van der Waals surface area contributed by atoms with E-state index in [0.717, 1.165) is 16.7 Å². The Labute approximate surface area is 98.8 Å². The zero-order valence-electron chi connectivity index (χ0n) is 9.60. The van der Waals surface area contributed by atoms with E-state index < -0.39 is 0 Å². The molecule has 1 N–H and O–H groups in total. The Hall–Kier alpha value is -1.88. The highest BCUT2D eigenvalue weighted by Crippen LogP contribution is 2.13. The Morgan fingerprint density at radius 2 is 2.41 bits per heavy atom. The molecule has 0 fully saturated rings. The van der Waals surface area contributed by atoms with Gasteiger partial charge in [0.05, 0.1) is 13.5 Å². The van der Waals surface area contributed by atoms with Gasteiger partial charge in [-0.2, -0.15) is 0 Å². The van der Waals surface area contributed by atoms with Gasteiger partial charge in [0.15, 0.2) is 12.0 Å². The fourth-order valence-electron chi connectivity index (χ4n) is 1.53. The average Bonchev–Trinajstić information content (AvgIpc) is 2.81. The normalized spacial score (nSPS) is 10.6. The van der Waals surface area contributed by atoms with Crippen LogP contribution in [0, 0.1) is 0 Å². The molecule has 5 heteroatoms. The second-order valence-corrected chi connectivity index (χ2v) is 3.66. The van der Waals surface area contributed by atoms with Crippen LogP contribution < -0.4 is 5.32 Å². The highest BCUT2D eigenvalue weighted by molar-refractivity contribution is 5.72. The largest absolute Gasteiger partial charge is 0.469 e. The summed E-state index contributed by atoms with van der Waals surface area (Å²) in [5, 5.41) is 3.16. The van der Waals surface area contributed by atoms with Gasteiger partial charge in [-0.15, -0.1) is 0 Å². The molecule has 2 aromatic rings. The second-order valence-electron chi connectivity index (χ2n) is 3.66. The number of methoxy groups -OCH3 is 1. The van der Waals surface area contributed by atoms with Crippen molar-refractivity contribution in [2.75, 3.05) is 13.7 Å². The van der Waals surface area contributed by atoms with E-state index >= 15 is 0 Å². The Balaban J connectivity index is 1.84. The molecule has 0 radical (unpaired) electrons. The lowest BCUT2D eigenvalue weighted by Crippen LogP contribution is -2.18. The van der Waals surface area contributed by atoms with E-state index in [1.807, 2.05) is 18.2 Å². The maximum Gasteiger partial charge on any atom is 0.306 e. The summed E-state index contributed by atoms with van der Waals surface area (Å²) in [5.74, 6) is -0.205. The first-order valence-electron chi connectivity index (χ1n) is 5.39. The highest BCUT2D eigenvalue weighted by atomic mass is 16.5. The lowest BCUT2D eigenvalue weighted by atomic mass is 10.2. The van der Waals surface area contributed by atoms with Gasteiger partial charge < -0.3 is 14.5 Å². The van der Waals surface area contributed by atoms with Crippen molar-refractivity contribution in [3.8, 4) is 0 Å². The molecular weight excluding hydrogens is 220 g/mol. The standard InChI is InChI=1S/C12H14N2O3/c1-16-12(15)4-5-13-7-9-2-3-10-11(6-9)17-8-14-10/h2-3,6,8,13H,4-5,7H2,1H3. The summed E-state index contributed by atoms with van der Waals surface area (Å²) in [6.45, 7) is 1.29. The minimum atomic E-state index is -0.205. The highest BCUT2D eigenvalue weighted by Gasteiger charge is 2.01. The molecule has 5 nitrogen and oxygen atoms in total. The summed E-state index contributed by atoms with van der Waals surface area (Å²) < 4.78 is 9.75. The minimum absolute atomic E-state index is 0.205. The van der Waals surface area contributed by atoms with Gasteiger partial charge in [0, 0.05) is 13.1 Å². The van der Waals surface area contributed by atoms with Gasteiger partial charge in [-0.25, -0.2) is 4.98 Å². The number of oxazole rings is 1. The number of hydrogen-bond donors (Lipinski definition) is 1. The van der Waals surface area contributed by atoms with Crippen LogP contribution in [0.2, 0.25) is 0 Å². The smallest absolute Gasteiger partial charge is 0.306 e. The lowest BCUT2D eigenvalue weighted by molar-refractivity contribution is -0.140. The van der Waals surface area contributed by atoms with Crippen LogP contribution >= 0.6 is 0 Å². The van der Waals surface area contributed by atoms with Crippen molar-refractivity contribution in [1.29, 1.82) is 0 Å². The molecule has 1 aromatic heterocycles. The third-order valence-electron chi connectivity index (χ3n) is 2.46. The average molecular weight is 234 g/mol. The molecule has 0 saturated heterocycles. The van der Waals surface area contributed by atoms with Crippen LogP contribution in [0.4, 0.5) is 0 Å². The van der Waals surface area contributed by atoms with Crippen LogP contribution in [0.3, 0.4) is 0 Å². The number of aromatic nitrogens is 1. The predicted molar refractivity (Wildman–Crippen MR) is 62.3 cm³/mol. The summed E-state index contributed by atoms with van der Waals surface area (Å²) in [7, 11) is 1.39. The van der Waals surface area contributed by atoms with Crippen LogP contribution in [0.25, 0.3) is 11.1 Å². The van der Waals surface area contributed by atoms with Crippen molar-refractivity contribution in [2.24, 2.45) is 0 Å². The molecule has 0 amide bonds. The molecule has 1 aromatic carbocycles. The van der Waals surface area contributed by atoms with E-state index in [9.17, 15) is 4.79 Å². The van der Waals surface area contributed by atoms with Gasteiger partial charge >= 0.3 is 5.97 Å². The molecule has 0 bridgehead atoms. The van der Waals surface area contributed by atoms with Gasteiger partial charge in [0.1, 0.15) is 5.52 Å². The van der Waals surface area contributed by atoms with Crippen LogP contribution in [0.15, 0.2) is 29.0 Å². The maximum atomic E-state index is 10.9. The van der Waals surface area contributed by atoms with Crippen molar-refractivity contribution in [3.63, 3.8) is 0 Å². The van der Waals surface area contributed by atoms with Crippen molar-refractivity contribution in [2.45, 2.75) is 13.0 Å². The van der Waals surface area contributed by atoms with Gasteiger partial charge in [0.25, 0.3) is 0 Å². The van der Waals surface area contributed by atoms with Gasteiger partial charge in [-0.3, -0.25) is 4.79 Å². The van der Waals surface area contributed by atoms with E-state index in [4.69, 9.17) is 4.42 Å². The van der Waals surface area contributed by atoms with Crippen molar-refractivity contribution >= 4 is 17.1 Å². The molecule has 0 aliphatic carbocycles. The topological polar surface area (TPSA) is 64.4 Å². The Morgan fingerprint density at radius 3 is 3.24 bits per heavy atom. The van der Waals surface area contributed by atoms with E-state index in [2.05, 4.69) is 15.0 Å². The van der Waals surface area contributed by atoms with E-state index in [1.54, 1.807) is 0 Å². The molecule has 0 aliphatic rings. The fourth-order valence-corrected chi connectivity index (χ4v) is 1.53. The molecule has 17 heavy (non-hydrogen) atoms. The summed E-state index contributed by atoms with van der Waals surface area (Å²) in [6.07, 6.45) is 1.81. The number of rotatable bonds is 5. The monoisotopic (exact) mass is 234 g/mol. The summed E-state index contributed by atoms with van der Waals surface area (Å²) in [6, 6.07) is 5.83. The van der Waals surface area contributed by atoms with Crippen LogP contribution in [-0.4, -0.2) is 24.6 Å². The Morgan fingerprint density at radius 1 is 1.53 bits per heavy atom. The third-order valence-corrected chi connectivity index (χ3v) is 2.46. The number of carbonyl (C=O) groups excluding carboxylic acids is 1. The minimum Gasteiger partial charge on any atom is -0.469 e. The molecule has 1 heterocycles. The molecule has 0 aliphatic heterocycles.